The molecule has 0 aliphatic carbocycles. The minimum atomic E-state index is -0.877. The quantitative estimate of drug-likeness (QED) is 0.889. The van der Waals surface area contributed by atoms with Crippen molar-refractivity contribution in [3.05, 3.63) is 53.2 Å². The number of nitrogens with one attached hydrogen (secondary N) is 1. The third-order valence-electron chi connectivity index (χ3n) is 3.17. The number of aliphatic hydroxyl groups is 1. The van der Waals surface area contributed by atoms with Gasteiger partial charge in [0.05, 0.1) is 24.4 Å². The van der Waals surface area contributed by atoms with Crippen LogP contribution >= 0.6 is 11.6 Å². The van der Waals surface area contributed by atoms with E-state index in [-0.39, 0.29) is 12.3 Å². The van der Waals surface area contributed by atoms with Gasteiger partial charge in [0.1, 0.15) is 5.82 Å². The number of nitrogens with zero attached hydrogens (tertiary/aromatic N) is 2. The summed E-state index contributed by atoms with van der Waals surface area (Å²) < 4.78 is 0. The molecule has 0 aliphatic rings. The van der Waals surface area contributed by atoms with E-state index >= 15 is 0 Å². The van der Waals surface area contributed by atoms with Gasteiger partial charge in [-0.1, -0.05) is 23.7 Å². The maximum atomic E-state index is 11.9. The van der Waals surface area contributed by atoms with Crippen molar-refractivity contribution < 1.29 is 9.90 Å². The fourth-order valence-corrected chi connectivity index (χ4v) is 2.02. The summed E-state index contributed by atoms with van der Waals surface area (Å²) in [5.41, 5.74) is 1.59. The average molecular weight is 320 g/mol. The Morgan fingerprint density at radius 2 is 1.95 bits per heavy atom. The molecule has 1 aromatic heterocycles. The van der Waals surface area contributed by atoms with E-state index in [1.807, 2.05) is 25.1 Å². The van der Waals surface area contributed by atoms with Crippen molar-refractivity contribution >= 4 is 29.0 Å². The molecule has 2 aromatic rings. The van der Waals surface area contributed by atoms with Gasteiger partial charge in [-0.2, -0.15) is 0 Å². The Morgan fingerprint density at radius 3 is 2.50 bits per heavy atom. The molecule has 0 bridgehead atoms. The van der Waals surface area contributed by atoms with Gasteiger partial charge >= 0.3 is 0 Å². The van der Waals surface area contributed by atoms with Crippen LogP contribution in [0.3, 0.4) is 0 Å². The third kappa shape index (κ3) is 4.44. The first-order valence-electron chi connectivity index (χ1n) is 6.82. The molecular formula is C16H18ClN3O2. The van der Waals surface area contributed by atoms with Crippen molar-refractivity contribution in [3.63, 3.8) is 0 Å². The molecule has 1 atom stereocenters. The second-order valence-electron chi connectivity index (χ2n) is 5.12. The van der Waals surface area contributed by atoms with Crippen molar-refractivity contribution in [2.24, 2.45) is 0 Å². The number of pyridine rings is 1. The molecule has 6 heteroatoms. The highest BCUT2D eigenvalue weighted by Gasteiger charge is 2.13. The first-order valence-corrected chi connectivity index (χ1v) is 7.20. The molecule has 2 N–H and O–H groups in total. The summed E-state index contributed by atoms with van der Waals surface area (Å²) in [4.78, 5) is 18.0. The van der Waals surface area contributed by atoms with Crippen LogP contribution in [0.1, 0.15) is 18.1 Å². The number of hydrogen-bond donors (Lipinski definition) is 2. The summed E-state index contributed by atoms with van der Waals surface area (Å²) in [6, 6.07) is 10.3. The van der Waals surface area contributed by atoms with Gasteiger partial charge in [-0.15, -0.1) is 0 Å². The molecule has 116 valence electrons. The topological polar surface area (TPSA) is 65.5 Å². The highest BCUT2D eigenvalue weighted by molar-refractivity contribution is 6.30. The molecule has 2 rings (SSSR count). The van der Waals surface area contributed by atoms with Gasteiger partial charge < -0.3 is 15.3 Å². The number of halogens is 1. The van der Waals surface area contributed by atoms with Gasteiger partial charge in [-0.25, -0.2) is 4.98 Å². The Balaban J connectivity index is 1.93. The van der Waals surface area contributed by atoms with Crippen LogP contribution in [0.25, 0.3) is 0 Å². The zero-order valence-electron chi connectivity index (χ0n) is 12.5. The predicted octanol–water partition coefficient (Wildman–Crippen LogP) is 2.86. The molecule has 0 saturated heterocycles. The second-order valence-corrected chi connectivity index (χ2v) is 5.55. The Hall–Kier alpha value is -2.11. The Bertz CT molecular complexity index is 627. The molecule has 0 spiro atoms. The molecule has 0 aliphatic heterocycles. The molecule has 0 saturated carbocycles. The van der Waals surface area contributed by atoms with Crippen molar-refractivity contribution in [1.82, 2.24) is 4.98 Å². The maximum absolute atomic E-state index is 11.9. The van der Waals surface area contributed by atoms with Crippen molar-refractivity contribution in [2.45, 2.75) is 12.5 Å². The Kier molecular flexibility index (Phi) is 5.35. The van der Waals surface area contributed by atoms with Crippen LogP contribution in [-0.2, 0) is 4.79 Å². The smallest absolute Gasteiger partial charge is 0.228 e. The van der Waals surface area contributed by atoms with Crippen molar-refractivity contribution in [1.29, 1.82) is 0 Å². The second kappa shape index (κ2) is 7.24. The zero-order chi connectivity index (χ0) is 16.1. The Morgan fingerprint density at radius 1 is 1.27 bits per heavy atom. The molecule has 22 heavy (non-hydrogen) atoms. The lowest BCUT2D eigenvalue weighted by molar-refractivity contribution is -0.118. The van der Waals surface area contributed by atoms with Gasteiger partial charge in [0.2, 0.25) is 5.91 Å². The standard InChI is InChI=1S/C16H18ClN3O2/c1-20(2)13-7-8-15(18-10-13)19-16(22)9-14(21)11-3-5-12(17)6-4-11/h3-8,10,14,21H,9H2,1-2H3,(H,18,19,22). The lowest BCUT2D eigenvalue weighted by Crippen LogP contribution is -2.16. The molecule has 1 unspecified atom stereocenters. The van der Waals surface area contributed by atoms with E-state index in [0.29, 0.717) is 16.4 Å². The van der Waals surface area contributed by atoms with Gasteiger partial charge in [-0.3, -0.25) is 4.79 Å². The van der Waals surface area contributed by atoms with Crippen LogP contribution in [0.4, 0.5) is 11.5 Å². The molecule has 0 fully saturated rings. The summed E-state index contributed by atoms with van der Waals surface area (Å²) in [5, 5.41) is 13.3. The molecule has 1 aromatic carbocycles. The highest BCUT2D eigenvalue weighted by atomic mass is 35.5. The van der Waals surface area contributed by atoms with Gasteiger partial charge in [0.15, 0.2) is 0 Å². The highest BCUT2D eigenvalue weighted by Crippen LogP contribution is 2.20. The third-order valence-corrected chi connectivity index (χ3v) is 3.42. The maximum Gasteiger partial charge on any atom is 0.228 e. The van der Waals surface area contributed by atoms with Crippen LogP contribution in [0, 0.1) is 0 Å². The van der Waals surface area contributed by atoms with E-state index in [1.165, 1.54) is 0 Å². The molecule has 0 radical (unpaired) electrons. The zero-order valence-corrected chi connectivity index (χ0v) is 13.2. The van der Waals surface area contributed by atoms with Crippen molar-refractivity contribution in [2.75, 3.05) is 24.3 Å². The summed E-state index contributed by atoms with van der Waals surface area (Å²) in [6.07, 6.45) is 0.752. The number of carbonyl (C=O) groups is 1. The SMILES string of the molecule is CN(C)c1ccc(NC(=O)CC(O)c2ccc(Cl)cc2)nc1. The lowest BCUT2D eigenvalue weighted by atomic mass is 10.1. The van der Waals surface area contributed by atoms with E-state index in [4.69, 9.17) is 11.6 Å². The largest absolute Gasteiger partial charge is 0.388 e. The number of aliphatic hydroxyl groups excluding tert-OH is 1. The van der Waals surface area contributed by atoms with E-state index in [9.17, 15) is 9.90 Å². The molecular weight excluding hydrogens is 302 g/mol. The van der Waals surface area contributed by atoms with Crippen molar-refractivity contribution in [3.8, 4) is 0 Å². The summed E-state index contributed by atoms with van der Waals surface area (Å²) in [6.45, 7) is 0. The Labute approximate surface area is 134 Å². The van der Waals surface area contributed by atoms with Gasteiger partial charge in [0.25, 0.3) is 0 Å². The van der Waals surface area contributed by atoms with Crippen LogP contribution < -0.4 is 10.2 Å². The minimum Gasteiger partial charge on any atom is -0.388 e. The monoisotopic (exact) mass is 319 g/mol. The molecule has 1 heterocycles. The number of aromatic nitrogens is 1. The van der Waals surface area contributed by atoms with Gasteiger partial charge in [-0.05, 0) is 29.8 Å². The number of anilines is 2. The number of hydrogen-bond acceptors (Lipinski definition) is 4. The van der Waals surface area contributed by atoms with Crippen LogP contribution in [0.15, 0.2) is 42.6 Å². The van der Waals surface area contributed by atoms with Crippen LogP contribution in [-0.4, -0.2) is 30.1 Å². The number of benzene rings is 1. The number of rotatable bonds is 5. The predicted molar refractivity (Wildman–Crippen MR) is 88.2 cm³/mol. The number of amides is 1. The van der Waals surface area contributed by atoms with E-state index in [0.717, 1.165) is 5.69 Å². The summed E-state index contributed by atoms with van der Waals surface area (Å²) in [7, 11) is 3.83. The average Bonchev–Trinajstić information content (AvgIpc) is 2.48. The fourth-order valence-electron chi connectivity index (χ4n) is 1.90. The molecule has 1 amide bonds. The normalized spacial score (nSPS) is 11.8. The summed E-state index contributed by atoms with van der Waals surface area (Å²) >= 11 is 5.79. The van der Waals surface area contributed by atoms with E-state index < -0.39 is 6.10 Å². The van der Waals surface area contributed by atoms with Gasteiger partial charge in [0, 0.05) is 19.1 Å². The number of carbonyl (C=O) groups excluding carboxylic acids is 1. The summed E-state index contributed by atoms with van der Waals surface area (Å²) in [5.74, 6) is 0.159. The minimum absolute atomic E-state index is 0.0429. The van der Waals surface area contributed by atoms with E-state index in [2.05, 4.69) is 10.3 Å². The lowest BCUT2D eigenvalue weighted by Gasteiger charge is -2.13. The first-order chi connectivity index (χ1) is 10.5. The fraction of sp³-hybridized carbons (Fsp3) is 0.250. The van der Waals surface area contributed by atoms with Crippen LogP contribution in [0.5, 0.6) is 0 Å². The van der Waals surface area contributed by atoms with Crippen LogP contribution in [0.2, 0.25) is 5.02 Å². The molecule has 5 nitrogen and oxygen atoms in total. The first kappa shape index (κ1) is 16.3. The van der Waals surface area contributed by atoms with E-state index in [1.54, 1.807) is 36.5 Å².